The molecule has 2 aromatic rings. The molecule has 15 heavy (non-hydrogen) atoms. The Kier molecular flexibility index (Phi) is 2.85. The van der Waals surface area contributed by atoms with E-state index in [1.165, 1.54) is 0 Å². The Balaban J connectivity index is 2.04. The minimum Gasteiger partial charge on any atom is -0.473 e. The molecule has 0 atom stereocenters. The van der Waals surface area contributed by atoms with Gasteiger partial charge in [-0.2, -0.15) is 5.10 Å². The molecule has 0 unspecified atom stereocenters. The largest absolute Gasteiger partial charge is 0.473 e. The molecule has 1 heterocycles. The van der Waals surface area contributed by atoms with Crippen LogP contribution < -0.4 is 10.2 Å². The van der Waals surface area contributed by atoms with Gasteiger partial charge in [0.1, 0.15) is 6.61 Å². The quantitative estimate of drug-likeness (QED) is 0.665. The number of aromatic amines is 1. The maximum Gasteiger partial charge on any atom is 0.209 e. The van der Waals surface area contributed by atoms with Gasteiger partial charge in [-0.3, -0.25) is 10.7 Å². The van der Waals surface area contributed by atoms with Crippen molar-refractivity contribution in [2.75, 3.05) is 5.48 Å². The van der Waals surface area contributed by atoms with Crippen LogP contribution in [0.3, 0.4) is 0 Å². The van der Waals surface area contributed by atoms with E-state index in [1.54, 1.807) is 18.3 Å². The zero-order chi connectivity index (χ0) is 10.5. The van der Waals surface area contributed by atoms with Crippen molar-refractivity contribution >= 4 is 5.69 Å². The zero-order valence-corrected chi connectivity index (χ0v) is 7.97. The fourth-order valence-corrected chi connectivity index (χ4v) is 1.23. The van der Waals surface area contributed by atoms with E-state index < -0.39 is 0 Å². The van der Waals surface area contributed by atoms with Gasteiger partial charge in [0, 0.05) is 11.6 Å². The first-order valence-corrected chi connectivity index (χ1v) is 4.50. The number of ether oxygens (including phenoxy) is 1. The third kappa shape index (κ3) is 2.26. The van der Waals surface area contributed by atoms with E-state index in [4.69, 9.17) is 9.94 Å². The molecule has 0 saturated heterocycles. The van der Waals surface area contributed by atoms with Gasteiger partial charge in [0.05, 0.1) is 11.9 Å². The molecule has 0 fully saturated rings. The standard InChI is InChI=1S/C10H11N3O2/c14-13-9-4-2-1-3-8(9)7-15-10-5-6-11-12-10/h1-6,13-14H,7H2,(H,11,12). The molecule has 0 spiro atoms. The van der Waals surface area contributed by atoms with Crippen LogP contribution in [0.4, 0.5) is 5.69 Å². The molecule has 0 amide bonds. The van der Waals surface area contributed by atoms with Crippen molar-refractivity contribution in [1.29, 1.82) is 0 Å². The predicted molar refractivity (Wildman–Crippen MR) is 54.8 cm³/mol. The molecule has 2 rings (SSSR count). The minimum absolute atomic E-state index is 0.367. The molecule has 5 nitrogen and oxygen atoms in total. The summed E-state index contributed by atoms with van der Waals surface area (Å²) in [5, 5.41) is 15.3. The maximum absolute atomic E-state index is 8.85. The molecule has 0 bridgehead atoms. The summed E-state index contributed by atoms with van der Waals surface area (Å²) in [6, 6.07) is 9.08. The van der Waals surface area contributed by atoms with Gasteiger partial charge < -0.3 is 4.74 Å². The third-order valence-corrected chi connectivity index (χ3v) is 2.00. The Morgan fingerprint density at radius 3 is 2.93 bits per heavy atom. The fraction of sp³-hybridized carbons (Fsp3) is 0.100. The number of benzene rings is 1. The smallest absolute Gasteiger partial charge is 0.209 e. The summed E-state index contributed by atoms with van der Waals surface area (Å²) in [4.78, 5) is 0. The molecular formula is C10H11N3O2. The molecule has 0 aliphatic rings. The van der Waals surface area contributed by atoms with Gasteiger partial charge in [-0.05, 0) is 6.07 Å². The maximum atomic E-state index is 8.85. The Labute approximate surface area is 86.7 Å². The summed E-state index contributed by atoms with van der Waals surface area (Å²) in [7, 11) is 0. The number of nitrogens with zero attached hydrogens (tertiary/aromatic N) is 1. The van der Waals surface area contributed by atoms with Crippen LogP contribution >= 0.6 is 0 Å². The second-order valence-electron chi connectivity index (χ2n) is 2.98. The Morgan fingerprint density at radius 2 is 2.20 bits per heavy atom. The molecule has 1 aromatic heterocycles. The summed E-state index contributed by atoms with van der Waals surface area (Å²) in [5.41, 5.74) is 3.63. The Bertz CT molecular complexity index is 414. The summed E-state index contributed by atoms with van der Waals surface area (Å²) < 4.78 is 5.41. The van der Waals surface area contributed by atoms with Crippen molar-refractivity contribution in [1.82, 2.24) is 10.2 Å². The number of nitrogens with one attached hydrogen (secondary N) is 2. The molecule has 5 heteroatoms. The lowest BCUT2D eigenvalue weighted by Gasteiger charge is -2.07. The average Bonchev–Trinajstić information content (AvgIpc) is 2.79. The average molecular weight is 205 g/mol. The van der Waals surface area contributed by atoms with Crippen LogP contribution in [0.1, 0.15) is 5.56 Å². The first-order chi connectivity index (χ1) is 7.40. The van der Waals surface area contributed by atoms with E-state index in [1.807, 2.05) is 18.2 Å². The number of aromatic nitrogens is 2. The second-order valence-corrected chi connectivity index (χ2v) is 2.98. The van der Waals surface area contributed by atoms with Crippen molar-refractivity contribution in [3.63, 3.8) is 0 Å². The molecule has 0 aliphatic carbocycles. The lowest BCUT2D eigenvalue weighted by molar-refractivity contribution is 0.292. The van der Waals surface area contributed by atoms with Gasteiger partial charge in [-0.15, -0.1) is 0 Å². The molecule has 0 radical (unpaired) electrons. The van der Waals surface area contributed by atoms with Crippen LogP contribution in [0.25, 0.3) is 0 Å². The predicted octanol–water partition coefficient (Wildman–Crippen LogP) is 1.79. The van der Waals surface area contributed by atoms with Crippen molar-refractivity contribution in [3.8, 4) is 5.88 Å². The first kappa shape index (κ1) is 9.54. The molecule has 1 aromatic carbocycles. The Hall–Kier alpha value is -2.01. The highest BCUT2D eigenvalue weighted by Gasteiger charge is 2.01. The first-order valence-electron chi connectivity index (χ1n) is 4.50. The fourth-order valence-electron chi connectivity index (χ4n) is 1.23. The monoisotopic (exact) mass is 205 g/mol. The van der Waals surface area contributed by atoms with Gasteiger partial charge in [-0.1, -0.05) is 18.2 Å². The van der Waals surface area contributed by atoms with Crippen LogP contribution in [0.2, 0.25) is 0 Å². The number of hydrogen-bond donors (Lipinski definition) is 3. The molecule has 0 aliphatic heterocycles. The summed E-state index contributed by atoms with van der Waals surface area (Å²) in [6.45, 7) is 0.367. The lowest BCUT2D eigenvalue weighted by Crippen LogP contribution is -2.00. The van der Waals surface area contributed by atoms with E-state index in [0.29, 0.717) is 18.2 Å². The molecular weight excluding hydrogens is 194 g/mol. The second kappa shape index (κ2) is 4.47. The Morgan fingerprint density at radius 1 is 1.33 bits per heavy atom. The van der Waals surface area contributed by atoms with Crippen molar-refractivity contribution < 1.29 is 9.94 Å². The number of hydrogen-bond acceptors (Lipinski definition) is 4. The number of anilines is 1. The summed E-state index contributed by atoms with van der Waals surface area (Å²) in [6.07, 6.45) is 1.62. The molecule has 3 N–H and O–H groups in total. The highest BCUT2D eigenvalue weighted by molar-refractivity contribution is 5.48. The zero-order valence-electron chi connectivity index (χ0n) is 7.97. The van der Waals surface area contributed by atoms with E-state index in [0.717, 1.165) is 5.56 Å². The summed E-state index contributed by atoms with van der Waals surface area (Å²) in [5.74, 6) is 0.600. The van der Waals surface area contributed by atoms with Gasteiger partial charge in [0.15, 0.2) is 0 Å². The van der Waals surface area contributed by atoms with Gasteiger partial charge in [-0.25, -0.2) is 5.10 Å². The topological polar surface area (TPSA) is 70.2 Å². The molecule has 78 valence electrons. The SMILES string of the molecule is ONc1ccccc1COc1ccn[nH]1. The minimum atomic E-state index is 0.367. The van der Waals surface area contributed by atoms with Crippen LogP contribution in [0.5, 0.6) is 5.88 Å². The van der Waals surface area contributed by atoms with Crippen molar-refractivity contribution in [3.05, 3.63) is 42.1 Å². The van der Waals surface area contributed by atoms with E-state index >= 15 is 0 Å². The molecule has 0 saturated carbocycles. The number of para-hydroxylation sites is 1. The van der Waals surface area contributed by atoms with Crippen LogP contribution in [0.15, 0.2) is 36.5 Å². The van der Waals surface area contributed by atoms with Crippen LogP contribution in [-0.4, -0.2) is 15.4 Å². The number of rotatable bonds is 4. The van der Waals surface area contributed by atoms with E-state index in [-0.39, 0.29) is 0 Å². The normalized spacial score (nSPS) is 9.93. The van der Waals surface area contributed by atoms with Crippen LogP contribution in [-0.2, 0) is 6.61 Å². The van der Waals surface area contributed by atoms with Gasteiger partial charge in [0.25, 0.3) is 0 Å². The number of H-pyrrole nitrogens is 1. The summed E-state index contributed by atoms with van der Waals surface area (Å²) >= 11 is 0. The highest BCUT2D eigenvalue weighted by atomic mass is 16.5. The van der Waals surface area contributed by atoms with Crippen molar-refractivity contribution in [2.24, 2.45) is 0 Å². The lowest BCUT2D eigenvalue weighted by atomic mass is 10.2. The highest BCUT2D eigenvalue weighted by Crippen LogP contribution is 2.16. The van der Waals surface area contributed by atoms with Gasteiger partial charge >= 0.3 is 0 Å². The van der Waals surface area contributed by atoms with Crippen molar-refractivity contribution in [2.45, 2.75) is 6.61 Å². The van der Waals surface area contributed by atoms with Crippen LogP contribution in [0, 0.1) is 0 Å². The van der Waals surface area contributed by atoms with Gasteiger partial charge in [0.2, 0.25) is 5.88 Å². The van der Waals surface area contributed by atoms with E-state index in [9.17, 15) is 0 Å². The third-order valence-electron chi connectivity index (χ3n) is 2.00. The van der Waals surface area contributed by atoms with E-state index in [2.05, 4.69) is 15.7 Å².